The lowest BCUT2D eigenvalue weighted by Crippen LogP contribution is -2.39. The van der Waals surface area contributed by atoms with Crippen LogP contribution in [-0.2, 0) is 10.0 Å². The van der Waals surface area contributed by atoms with E-state index < -0.39 is 10.0 Å². The summed E-state index contributed by atoms with van der Waals surface area (Å²) in [6.45, 7) is 2.35. The summed E-state index contributed by atoms with van der Waals surface area (Å²) in [5, 5.41) is 9.31. The lowest BCUT2D eigenvalue weighted by Gasteiger charge is -2.23. The van der Waals surface area contributed by atoms with Crippen molar-refractivity contribution in [1.82, 2.24) is 4.31 Å². The summed E-state index contributed by atoms with van der Waals surface area (Å²) in [7, 11) is -3.45. The zero-order chi connectivity index (χ0) is 12.6. The summed E-state index contributed by atoms with van der Waals surface area (Å²) in [5.74, 6) is 0.207. The van der Waals surface area contributed by atoms with Crippen molar-refractivity contribution in [2.75, 3.05) is 13.2 Å². The molecular formula is C10H14BrNO3S2. The standard InChI is InChI=1S/C10H14BrNO3S2/c1-7-4-5-12(8(7)6-13)17(14,15)10-3-2-9(11)16-10/h2-3,7-8,13H,4-6H2,1H3. The van der Waals surface area contributed by atoms with Crippen molar-refractivity contribution in [3.8, 4) is 0 Å². The lowest BCUT2D eigenvalue weighted by molar-refractivity contribution is 0.191. The minimum absolute atomic E-state index is 0.118. The highest BCUT2D eigenvalue weighted by molar-refractivity contribution is 9.11. The Kier molecular flexibility index (Phi) is 3.94. The summed E-state index contributed by atoms with van der Waals surface area (Å²) in [5.41, 5.74) is 0. The third-order valence-electron chi connectivity index (χ3n) is 3.13. The van der Waals surface area contributed by atoms with Crippen molar-refractivity contribution in [2.45, 2.75) is 23.6 Å². The average molecular weight is 340 g/mol. The van der Waals surface area contributed by atoms with Crippen LogP contribution in [0, 0.1) is 5.92 Å². The van der Waals surface area contributed by atoms with Gasteiger partial charge in [0.2, 0.25) is 0 Å². The molecule has 0 amide bonds. The van der Waals surface area contributed by atoms with E-state index in [2.05, 4.69) is 15.9 Å². The van der Waals surface area contributed by atoms with E-state index in [1.807, 2.05) is 6.92 Å². The quantitative estimate of drug-likeness (QED) is 0.914. The summed E-state index contributed by atoms with van der Waals surface area (Å²) >= 11 is 4.46. The van der Waals surface area contributed by atoms with Crippen molar-refractivity contribution in [1.29, 1.82) is 0 Å². The largest absolute Gasteiger partial charge is 0.395 e. The van der Waals surface area contributed by atoms with Gasteiger partial charge in [0.15, 0.2) is 0 Å². The molecule has 7 heteroatoms. The molecule has 0 spiro atoms. The highest BCUT2D eigenvalue weighted by Gasteiger charge is 2.39. The number of thiophene rings is 1. The Bertz CT molecular complexity index is 499. The lowest BCUT2D eigenvalue weighted by atomic mass is 10.0. The molecule has 1 aliphatic heterocycles. The van der Waals surface area contributed by atoms with Crippen LogP contribution in [0.4, 0.5) is 0 Å². The number of aliphatic hydroxyl groups is 1. The Hall–Kier alpha value is 0.0500. The second-order valence-electron chi connectivity index (χ2n) is 4.19. The minimum Gasteiger partial charge on any atom is -0.395 e. The van der Waals surface area contributed by atoms with E-state index in [4.69, 9.17) is 0 Å². The first-order valence-corrected chi connectivity index (χ1v) is 8.40. The van der Waals surface area contributed by atoms with Gasteiger partial charge in [-0.25, -0.2) is 8.42 Å². The smallest absolute Gasteiger partial charge is 0.252 e. The first-order chi connectivity index (χ1) is 7.96. The Morgan fingerprint density at radius 3 is 2.82 bits per heavy atom. The first-order valence-electron chi connectivity index (χ1n) is 5.35. The van der Waals surface area contributed by atoms with Gasteiger partial charge in [-0.1, -0.05) is 6.92 Å². The fourth-order valence-electron chi connectivity index (χ4n) is 2.09. The van der Waals surface area contributed by atoms with E-state index in [1.54, 1.807) is 12.1 Å². The van der Waals surface area contributed by atoms with Crippen molar-refractivity contribution < 1.29 is 13.5 Å². The maximum atomic E-state index is 12.4. The molecule has 0 saturated carbocycles. The molecule has 1 aromatic heterocycles. The van der Waals surface area contributed by atoms with Gasteiger partial charge in [0.1, 0.15) is 4.21 Å². The summed E-state index contributed by atoms with van der Waals surface area (Å²) in [6.07, 6.45) is 0.803. The van der Waals surface area contributed by atoms with Crippen LogP contribution >= 0.6 is 27.3 Å². The topological polar surface area (TPSA) is 57.6 Å². The van der Waals surface area contributed by atoms with Gasteiger partial charge in [-0.15, -0.1) is 11.3 Å². The van der Waals surface area contributed by atoms with Crippen LogP contribution in [0.2, 0.25) is 0 Å². The molecule has 2 unspecified atom stereocenters. The van der Waals surface area contributed by atoms with Gasteiger partial charge in [0.05, 0.1) is 16.4 Å². The van der Waals surface area contributed by atoms with Crippen LogP contribution in [-0.4, -0.2) is 37.0 Å². The zero-order valence-corrected chi connectivity index (χ0v) is 12.6. The summed E-state index contributed by atoms with van der Waals surface area (Å²) in [4.78, 5) is 0. The molecule has 1 fully saturated rings. The third kappa shape index (κ3) is 2.44. The Labute approximate surface area is 113 Å². The van der Waals surface area contributed by atoms with E-state index in [9.17, 15) is 13.5 Å². The number of halogens is 1. The summed E-state index contributed by atoms with van der Waals surface area (Å²) < 4.78 is 27.3. The molecule has 1 aliphatic rings. The third-order valence-corrected chi connectivity index (χ3v) is 7.15. The number of hydrogen-bond donors (Lipinski definition) is 1. The van der Waals surface area contributed by atoms with Crippen LogP contribution in [0.3, 0.4) is 0 Å². The van der Waals surface area contributed by atoms with Crippen LogP contribution in [0.5, 0.6) is 0 Å². The monoisotopic (exact) mass is 339 g/mol. The molecule has 4 nitrogen and oxygen atoms in total. The first kappa shape index (κ1) is 13.5. The van der Waals surface area contributed by atoms with E-state index in [0.29, 0.717) is 10.8 Å². The Morgan fingerprint density at radius 2 is 2.29 bits per heavy atom. The van der Waals surface area contributed by atoms with Gasteiger partial charge < -0.3 is 5.11 Å². The molecule has 2 heterocycles. The van der Waals surface area contributed by atoms with Crippen molar-refractivity contribution in [2.24, 2.45) is 5.92 Å². The van der Waals surface area contributed by atoms with Gasteiger partial charge >= 0.3 is 0 Å². The Balaban J connectivity index is 2.33. The molecule has 2 rings (SSSR count). The molecule has 17 heavy (non-hydrogen) atoms. The molecule has 0 radical (unpaired) electrons. The van der Waals surface area contributed by atoms with E-state index >= 15 is 0 Å². The minimum atomic E-state index is -3.45. The molecule has 1 aromatic rings. The number of rotatable bonds is 3. The highest BCUT2D eigenvalue weighted by atomic mass is 79.9. The van der Waals surface area contributed by atoms with Gasteiger partial charge in [-0.3, -0.25) is 0 Å². The average Bonchev–Trinajstić information content (AvgIpc) is 2.84. The highest BCUT2D eigenvalue weighted by Crippen LogP contribution is 2.34. The zero-order valence-electron chi connectivity index (χ0n) is 9.34. The van der Waals surface area contributed by atoms with E-state index in [0.717, 1.165) is 10.2 Å². The van der Waals surface area contributed by atoms with Gasteiger partial charge in [0.25, 0.3) is 10.0 Å². The molecule has 0 aliphatic carbocycles. The second kappa shape index (κ2) is 4.97. The second-order valence-corrected chi connectivity index (χ2v) is 8.77. The fourth-order valence-corrected chi connectivity index (χ4v) is 5.96. The van der Waals surface area contributed by atoms with Crippen LogP contribution < -0.4 is 0 Å². The Morgan fingerprint density at radius 1 is 1.59 bits per heavy atom. The van der Waals surface area contributed by atoms with Crippen molar-refractivity contribution in [3.63, 3.8) is 0 Å². The van der Waals surface area contributed by atoms with Gasteiger partial charge in [-0.2, -0.15) is 4.31 Å². The normalized spacial score (nSPS) is 26.5. The van der Waals surface area contributed by atoms with Gasteiger partial charge in [-0.05, 0) is 40.4 Å². The van der Waals surface area contributed by atoms with Crippen molar-refractivity contribution in [3.05, 3.63) is 15.9 Å². The number of hydrogen-bond acceptors (Lipinski definition) is 4. The van der Waals surface area contributed by atoms with Crippen LogP contribution in [0.1, 0.15) is 13.3 Å². The van der Waals surface area contributed by atoms with Crippen molar-refractivity contribution >= 4 is 37.3 Å². The molecule has 0 bridgehead atoms. The molecule has 2 atom stereocenters. The maximum Gasteiger partial charge on any atom is 0.252 e. The predicted octanol–water partition coefficient (Wildman–Crippen LogP) is 1.90. The van der Waals surface area contributed by atoms with Crippen LogP contribution in [0.25, 0.3) is 0 Å². The summed E-state index contributed by atoms with van der Waals surface area (Å²) in [6, 6.07) is 3.04. The molecule has 0 aromatic carbocycles. The predicted molar refractivity (Wildman–Crippen MR) is 70.6 cm³/mol. The SMILES string of the molecule is CC1CCN(S(=O)(=O)c2ccc(Br)s2)C1CO. The van der Waals surface area contributed by atoms with E-state index in [-0.39, 0.29) is 18.6 Å². The molecular weight excluding hydrogens is 326 g/mol. The van der Waals surface area contributed by atoms with Crippen LogP contribution in [0.15, 0.2) is 20.1 Å². The van der Waals surface area contributed by atoms with Gasteiger partial charge in [0, 0.05) is 6.54 Å². The number of nitrogens with zero attached hydrogens (tertiary/aromatic N) is 1. The maximum absolute atomic E-state index is 12.4. The molecule has 96 valence electrons. The number of aliphatic hydroxyl groups excluding tert-OH is 1. The molecule has 1 saturated heterocycles. The molecule has 1 N–H and O–H groups in total. The van der Waals surface area contributed by atoms with E-state index in [1.165, 1.54) is 15.6 Å². The number of sulfonamides is 1. The fraction of sp³-hybridized carbons (Fsp3) is 0.600.